The number of carboxylic acid groups (broad SMARTS) is 1. The molecule has 0 saturated carbocycles. The molecule has 0 aromatic rings. The topological polar surface area (TPSA) is 61.1 Å². The molecule has 3 heteroatoms. The Kier molecular flexibility index (Phi) is 12800. The zero-order valence-electron chi connectivity index (χ0n) is 2.46. The lowest BCUT2D eigenvalue weighted by atomic mass is 11.7. The molecule has 1 N–H and O–H groups in total. The lowest BCUT2D eigenvalue weighted by molar-refractivity contribution is -0.122. The second-order valence-electron chi connectivity index (χ2n) is 0.105. The van der Waals surface area contributed by atoms with E-state index in [9.17, 15) is 0 Å². The average molecular weight is 73.1 g/mol. The first kappa shape index (κ1) is 9.03. The van der Waals surface area contributed by atoms with E-state index in [1.807, 2.05) is 0 Å². The van der Waals surface area contributed by atoms with Crippen LogP contribution in [0.3, 0.4) is 0 Å². The molecule has 0 saturated heterocycles. The molecule has 0 bridgehead atoms. The van der Waals surface area contributed by atoms with Gasteiger partial charge in [-0.1, -0.05) is 0 Å². The molecule has 0 unspecified atom stereocenters. The van der Waals surface area contributed by atoms with E-state index in [0.29, 0.717) is 0 Å². The zero-order valence-corrected chi connectivity index (χ0v) is 2.46. The number of nitriles is 1. The molecule has 0 aromatic heterocycles. The van der Waals surface area contributed by atoms with Gasteiger partial charge in [0.1, 0.15) is 0 Å². The van der Waals surface area contributed by atoms with E-state index in [0.717, 1.165) is 0 Å². The fourth-order valence-electron chi connectivity index (χ4n) is 0. The summed E-state index contributed by atoms with van der Waals surface area (Å²) in [6.07, 6.45) is 0. The van der Waals surface area contributed by atoms with E-state index in [2.05, 4.69) is 6.57 Å². The Labute approximate surface area is 29.5 Å². The van der Waals surface area contributed by atoms with Crippen molar-refractivity contribution in [2.24, 2.45) is 0 Å². The van der Waals surface area contributed by atoms with Gasteiger partial charge >= 0.3 is 0 Å². The van der Waals surface area contributed by atoms with Crippen LogP contribution in [-0.4, -0.2) is 11.6 Å². The van der Waals surface area contributed by atoms with E-state index in [1.54, 1.807) is 0 Å². The molecule has 28 valence electrons. The normalized spacial score (nSPS) is 2.80. The van der Waals surface area contributed by atoms with Crippen molar-refractivity contribution in [3.63, 3.8) is 0 Å². The summed E-state index contributed by atoms with van der Waals surface area (Å²) >= 11 is 0. The fraction of sp³-hybridized carbons (Fsp3) is 0. The molecule has 0 rings (SSSR count). The minimum atomic E-state index is -0.250. The lowest BCUT2D eigenvalue weighted by Crippen LogP contribution is -1.49. The monoisotopic (exact) mass is 73.0 g/mol. The maximum Gasteiger partial charge on any atom is 0.290 e. The van der Waals surface area contributed by atoms with Crippen LogP contribution in [0.15, 0.2) is 0 Å². The van der Waals surface area contributed by atoms with Crippen LogP contribution in [0.25, 0.3) is 0 Å². The minimum absolute atomic E-state index is 0.250. The summed E-state index contributed by atoms with van der Waals surface area (Å²) < 4.78 is 0. The van der Waals surface area contributed by atoms with Crippen molar-refractivity contribution in [3.05, 3.63) is 0 Å². The maximum atomic E-state index is 8.36. The molecule has 5 heavy (non-hydrogen) atoms. The Morgan fingerprint density at radius 3 is 1.80 bits per heavy atom. The zero-order chi connectivity index (χ0) is 4.71. The Morgan fingerprint density at radius 2 is 1.80 bits per heavy atom. The summed E-state index contributed by atoms with van der Waals surface area (Å²) in [6.45, 7) is 3.25. The van der Waals surface area contributed by atoms with Gasteiger partial charge in [0, 0.05) is 6.57 Å². The fourth-order valence-corrected chi connectivity index (χ4v) is 0. The first-order valence-electron chi connectivity index (χ1n) is 0.752. The quantitative estimate of drug-likeness (QED) is 0.405. The second kappa shape index (κ2) is 7110. The molecule has 0 aliphatic rings. The van der Waals surface area contributed by atoms with Crippen molar-refractivity contribution in [2.75, 3.05) is 0 Å². The Morgan fingerprint density at radius 1 is 1.80 bits per heavy atom. The van der Waals surface area contributed by atoms with Crippen molar-refractivity contribution in [1.29, 1.82) is 5.26 Å². The van der Waals surface area contributed by atoms with Gasteiger partial charge in [-0.05, 0) is 0 Å². The SMILES string of the molecule is C#N.O=CO. The molecule has 0 atom stereocenters. The van der Waals surface area contributed by atoms with E-state index in [-0.39, 0.29) is 6.47 Å². The number of nitrogens with zero attached hydrogens (tertiary/aromatic N) is 1. The average Bonchev–Trinajstić information content (AvgIpc) is 1.46. The molecule has 0 radical (unpaired) electrons. The molecule has 3 nitrogen and oxygen atoms in total. The number of hydrogen-bond donors (Lipinski definition) is 1. The summed E-state index contributed by atoms with van der Waals surface area (Å²) in [5.41, 5.74) is 0. The van der Waals surface area contributed by atoms with Crippen molar-refractivity contribution in [1.82, 2.24) is 0 Å². The summed E-state index contributed by atoms with van der Waals surface area (Å²) in [5.74, 6) is 0. The van der Waals surface area contributed by atoms with Crippen molar-refractivity contribution in [2.45, 2.75) is 0 Å². The van der Waals surface area contributed by atoms with Crippen molar-refractivity contribution >= 4 is 6.47 Å². The smallest absolute Gasteiger partial charge is 0.290 e. The van der Waals surface area contributed by atoms with Gasteiger partial charge in [0.05, 0.1) is 0 Å². The predicted molar refractivity (Wildman–Crippen MR) is 15.4 cm³/mol. The van der Waals surface area contributed by atoms with Gasteiger partial charge in [-0.15, -0.1) is 0 Å². The highest BCUT2D eigenvalue weighted by atomic mass is 16.3. The van der Waals surface area contributed by atoms with Crippen LogP contribution in [0.1, 0.15) is 0 Å². The summed E-state index contributed by atoms with van der Waals surface area (Å²) in [6, 6.07) is 0. The summed E-state index contributed by atoms with van der Waals surface area (Å²) in [4.78, 5) is 8.36. The van der Waals surface area contributed by atoms with Gasteiger partial charge < -0.3 is 5.11 Å². The molecule has 0 spiro atoms. The molecule has 0 aromatic carbocycles. The van der Waals surface area contributed by atoms with Gasteiger partial charge in [0.15, 0.2) is 0 Å². The first-order valence-corrected chi connectivity index (χ1v) is 0.752. The van der Waals surface area contributed by atoms with Gasteiger partial charge in [0.25, 0.3) is 6.47 Å². The minimum Gasteiger partial charge on any atom is -0.483 e. The first-order chi connectivity index (χ1) is 2.41. The highest BCUT2D eigenvalue weighted by Gasteiger charge is 1.22. The molecule has 0 fully saturated rings. The Hall–Kier alpha value is -1.04. The second-order valence-corrected chi connectivity index (χ2v) is 0.105. The van der Waals surface area contributed by atoms with E-state index in [4.69, 9.17) is 15.2 Å². The van der Waals surface area contributed by atoms with Crippen LogP contribution in [-0.2, 0) is 4.79 Å². The highest BCUT2D eigenvalue weighted by molar-refractivity contribution is 5.32. The number of rotatable bonds is 0. The van der Waals surface area contributed by atoms with E-state index >= 15 is 0 Å². The van der Waals surface area contributed by atoms with E-state index in [1.165, 1.54) is 0 Å². The molecular formula is C2H3NO2. The van der Waals surface area contributed by atoms with Crippen LogP contribution >= 0.6 is 0 Å². The van der Waals surface area contributed by atoms with Crippen LogP contribution < -0.4 is 0 Å². The van der Waals surface area contributed by atoms with Gasteiger partial charge in [-0.2, -0.15) is 0 Å². The largest absolute Gasteiger partial charge is 0.483 e. The summed E-state index contributed by atoms with van der Waals surface area (Å²) in [5, 5.41) is 13.4. The third-order valence-corrected chi connectivity index (χ3v) is 0. The highest BCUT2D eigenvalue weighted by Crippen LogP contribution is 0.966. The Bertz CT molecular complexity index is 31.9. The molecule has 0 amide bonds. The van der Waals surface area contributed by atoms with Gasteiger partial charge in [0.2, 0.25) is 0 Å². The lowest BCUT2D eigenvalue weighted by Gasteiger charge is -1.34. The van der Waals surface area contributed by atoms with Crippen LogP contribution in [0.4, 0.5) is 0 Å². The number of hydrogen-bond acceptors (Lipinski definition) is 2. The third-order valence-electron chi connectivity index (χ3n) is 0. The number of carbonyl (C=O) groups is 1. The molecule has 0 heterocycles. The standard InChI is InChI=1S/CHN.CH2O2/c1-2;2-1-3/h1H;1H,(H,2,3). The molecular weight excluding hydrogens is 70.0 g/mol. The Balaban J connectivity index is 0. The van der Waals surface area contributed by atoms with Gasteiger partial charge in [-0.3, -0.25) is 4.79 Å². The van der Waals surface area contributed by atoms with Crippen molar-refractivity contribution < 1.29 is 9.90 Å². The summed E-state index contributed by atoms with van der Waals surface area (Å²) in [7, 11) is 0. The predicted octanol–water partition coefficient (Wildman–Crippen LogP) is -0.159. The third kappa shape index (κ3) is 2.52. The van der Waals surface area contributed by atoms with Crippen molar-refractivity contribution in [3.8, 4) is 6.57 Å². The molecule has 0 aliphatic carbocycles. The van der Waals surface area contributed by atoms with Crippen LogP contribution in [0, 0.1) is 11.8 Å². The maximum absolute atomic E-state index is 8.36. The van der Waals surface area contributed by atoms with E-state index < -0.39 is 0 Å². The van der Waals surface area contributed by atoms with Gasteiger partial charge in [-0.25, -0.2) is 5.26 Å². The van der Waals surface area contributed by atoms with Crippen LogP contribution in [0.5, 0.6) is 0 Å². The van der Waals surface area contributed by atoms with Crippen LogP contribution in [0.2, 0.25) is 0 Å². The molecule has 0 aliphatic heterocycles.